The van der Waals surface area contributed by atoms with E-state index >= 15 is 0 Å². The molecule has 0 aromatic carbocycles. The summed E-state index contributed by atoms with van der Waals surface area (Å²) in [6.45, 7) is 2.11. The van der Waals surface area contributed by atoms with Gasteiger partial charge in [-0.1, -0.05) is 19.3 Å². The standard InChI is InChI=1S/C11H21NO/c1-13-8-11-10-5-3-2-4-9(10)6-7-12-11/h9-12H,2-8H2,1H3. The molecule has 1 aliphatic heterocycles. The largest absolute Gasteiger partial charge is 0.383 e. The van der Waals surface area contributed by atoms with Crippen LogP contribution in [0, 0.1) is 11.8 Å². The maximum Gasteiger partial charge on any atom is 0.0618 e. The normalized spacial score (nSPS) is 39.9. The first-order chi connectivity index (χ1) is 6.42. The van der Waals surface area contributed by atoms with E-state index in [-0.39, 0.29) is 0 Å². The summed E-state index contributed by atoms with van der Waals surface area (Å²) in [4.78, 5) is 0. The molecule has 2 heteroatoms. The van der Waals surface area contributed by atoms with E-state index in [1.54, 1.807) is 0 Å². The van der Waals surface area contributed by atoms with Gasteiger partial charge in [0, 0.05) is 13.2 Å². The van der Waals surface area contributed by atoms with Crippen LogP contribution in [0.25, 0.3) is 0 Å². The molecule has 3 unspecified atom stereocenters. The van der Waals surface area contributed by atoms with Gasteiger partial charge >= 0.3 is 0 Å². The molecular weight excluding hydrogens is 162 g/mol. The van der Waals surface area contributed by atoms with Gasteiger partial charge in [0.15, 0.2) is 0 Å². The Balaban J connectivity index is 1.94. The molecule has 0 aromatic heterocycles. The molecule has 1 N–H and O–H groups in total. The van der Waals surface area contributed by atoms with Gasteiger partial charge in [-0.25, -0.2) is 0 Å². The van der Waals surface area contributed by atoms with E-state index in [0.717, 1.165) is 18.4 Å². The number of ether oxygens (including phenoxy) is 1. The second-order valence-electron chi connectivity index (χ2n) is 4.51. The molecule has 76 valence electrons. The van der Waals surface area contributed by atoms with Crippen molar-refractivity contribution in [1.29, 1.82) is 0 Å². The Hall–Kier alpha value is -0.0800. The van der Waals surface area contributed by atoms with Gasteiger partial charge in [0.2, 0.25) is 0 Å². The second kappa shape index (κ2) is 4.43. The highest BCUT2D eigenvalue weighted by Crippen LogP contribution is 2.36. The topological polar surface area (TPSA) is 21.3 Å². The van der Waals surface area contributed by atoms with Crippen LogP contribution in [-0.2, 0) is 4.74 Å². The van der Waals surface area contributed by atoms with Crippen molar-refractivity contribution in [3.63, 3.8) is 0 Å². The van der Waals surface area contributed by atoms with Crippen molar-refractivity contribution < 1.29 is 4.74 Å². The lowest BCUT2D eigenvalue weighted by atomic mass is 9.72. The quantitative estimate of drug-likeness (QED) is 0.705. The van der Waals surface area contributed by atoms with Gasteiger partial charge in [0.05, 0.1) is 6.61 Å². The summed E-state index contributed by atoms with van der Waals surface area (Å²) in [5, 5.41) is 3.59. The van der Waals surface area contributed by atoms with E-state index < -0.39 is 0 Å². The molecular formula is C11H21NO. The summed E-state index contributed by atoms with van der Waals surface area (Å²) in [5.41, 5.74) is 0. The molecule has 0 radical (unpaired) electrons. The molecule has 2 aliphatic rings. The van der Waals surface area contributed by atoms with Crippen LogP contribution in [0.5, 0.6) is 0 Å². The van der Waals surface area contributed by atoms with Gasteiger partial charge in [-0.15, -0.1) is 0 Å². The number of fused-ring (bicyclic) bond motifs is 1. The second-order valence-corrected chi connectivity index (χ2v) is 4.51. The fourth-order valence-electron chi connectivity index (χ4n) is 3.09. The van der Waals surface area contributed by atoms with Crippen molar-refractivity contribution in [1.82, 2.24) is 5.32 Å². The predicted octanol–water partition coefficient (Wildman–Crippen LogP) is 1.80. The summed E-state index contributed by atoms with van der Waals surface area (Å²) < 4.78 is 5.27. The molecule has 1 heterocycles. The summed E-state index contributed by atoms with van der Waals surface area (Å²) in [7, 11) is 1.81. The minimum absolute atomic E-state index is 0.643. The molecule has 1 saturated carbocycles. The smallest absolute Gasteiger partial charge is 0.0618 e. The summed E-state index contributed by atoms with van der Waals surface area (Å²) in [6, 6.07) is 0.643. The fourth-order valence-corrected chi connectivity index (χ4v) is 3.09. The van der Waals surface area contributed by atoms with Gasteiger partial charge in [-0.3, -0.25) is 0 Å². The van der Waals surface area contributed by atoms with Crippen LogP contribution in [0.2, 0.25) is 0 Å². The van der Waals surface area contributed by atoms with Crippen LogP contribution in [0.3, 0.4) is 0 Å². The molecule has 2 fully saturated rings. The summed E-state index contributed by atoms with van der Waals surface area (Å²) >= 11 is 0. The Labute approximate surface area is 81.0 Å². The van der Waals surface area contributed by atoms with Gasteiger partial charge in [0.1, 0.15) is 0 Å². The van der Waals surface area contributed by atoms with Gasteiger partial charge < -0.3 is 10.1 Å². The molecule has 1 aliphatic carbocycles. The van der Waals surface area contributed by atoms with Crippen molar-refractivity contribution in [3.05, 3.63) is 0 Å². The molecule has 2 nitrogen and oxygen atoms in total. The highest BCUT2D eigenvalue weighted by atomic mass is 16.5. The summed E-state index contributed by atoms with van der Waals surface area (Å²) in [6.07, 6.45) is 7.17. The van der Waals surface area contributed by atoms with Crippen molar-refractivity contribution >= 4 is 0 Å². The van der Waals surface area contributed by atoms with Gasteiger partial charge in [0.25, 0.3) is 0 Å². The molecule has 0 amide bonds. The molecule has 0 spiro atoms. The Morgan fingerprint density at radius 2 is 2.08 bits per heavy atom. The number of piperidine rings is 1. The Bertz CT molecular complexity index is 156. The average Bonchev–Trinajstić information content (AvgIpc) is 2.19. The average molecular weight is 183 g/mol. The van der Waals surface area contributed by atoms with E-state index in [1.165, 1.54) is 38.6 Å². The van der Waals surface area contributed by atoms with Crippen LogP contribution in [0.4, 0.5) is 0 Å². The van der Waals surface area contributed by atoms with Crippen LogP contribution in [0.1, 0.15) is 32.1 Å². The van der Waals surface area contributed by atoms with Crippen LogP contribution in [0.15, 0.2) is 0 Å². The van der Waals surface area contributed by atoms with Crippen LogP contribution in [-0.4, -0.2) is 26.3 Å². The predicted molar refractivity (Wildman–Crippen MR) is 53.7 cm³/mol. The van der Waals surface area contributed by atoms with E-state index in [4.69, 9.17) is 4.74 Å². The minimum atomic E-state index is 0.643. The van der Waals surface area contributed by atoms with E-state index in [0.29, 0.717) is 6.04 Å². The van der Waals surface area contributed by atoms with E-state index in [2.05, 4.69) is 5.32 Å². The van der Waals surface area contributed by atoms with Crippen molar-refractivity contribution in [2.24, 2.45) is 11.8 Å². The number of hydrogen-bond acceptors (Lipinski definition) is 2. The van der Waals surface area contributed by atoms with E-state index in [9.17, 15) is 0 Å². The molecule has 13 heavy (non-hydrogen) atoms. The zero-order chi connectivity index (χ0) is 9.10. The first kappa shape index (κ1) is 9.47. The Morgan fingerprint density at radius 1 is 1.23 bits per heavy atom. The van der Waals surface area contributed by atoms with Gasteiger partial charge in [-0.05, 0) is 31.2 Å². The first-order valence-corrected chi connectivity index (χ1v) is 5.64. The highest BCUT2D eigenvalue weighted by molar-refractivity contribution is 4.89. The molecule has 0 bridgehead atoms. The highest BCUT2D eigenvalue weighted by Gasteiger charge is 2.34. The molecule has 1 saturated heterocycles. The third kappa shape index (κ3) is 2.05. The number of rotatable bonds is 2. The lowest BCUT2D eigenvalue weighted by molar-refractivity contribution is 0.0704. The molecule has 3 atom stereocenters. The molecule has 2 rings (SSSR count). The van der Waals surface area contributed by atoms with Crippen LogP contribution < -0.4 is 5.32 Å². The SMILES string of the molecule is COCC1NCCC2CCCCC21. The fraction of sp³-hybridized carbons (Fsp3) is 1.00. The lowest BCUT2D eigenvalue weighted by Crippen LogP contribution is -2.49. The third-order valence-corrected chi connectivity index (χ3v) is 3.75. The number of nitrogens with one attached hydrogen (secondary N) is 1. The maximum atomic E-state index is 5.27. The number of methoxy groups -OCH3 is 1. The first-order valence-electron chi connectivity index (χ1n) is 5.64. The molecule has 0 aromatic rings. The van der Waals surface area contributed by atoms with Crippen molar-refractivity contribution in [2.45, 2.75) is 38.1 Å². The Kier molecular flexibility index (Phi) is 3.23. The maximum absolute atomic E-state index is 5.27. The summed E-state index contributed by atoms with van der Waals surface area (Å²) in [5.74, 6) is 1.90. The minimum Gasteiger partial charge on any atom is -0.383 e. The third-order valence-electron chi connectivity index (χ3n) is 3.75. The van der Waals surface area contributed by atoms with Crippen molar-refractivity contribution in [3.8, 4) is 0 Å². The zero-order valence-corrected chi connectivity index (χ0v) is 8.59. The van der Waals surface area contributed by atoms with Crippen molar-refractivity contribution in [2.75, 3.05) is 20.3 Å². The van der Waals surface area contributed by atoms with E-state index in [1.807, 2.05) is 7.11 Å². The van der Waals surface area contributed by atoms with Crippen LogP contribution >= 0.6 is 0 Å². The monoisotopic (exact) mass is 183 g/mol. The number of hydrogen-bond donors (Lipinski definition) is 1. The zero-order valence-electron chi connectivity index (χ0n) is 8.59. The van der Waals surface area contributed by atoms with Gasteiger partial charge in [-0.2, -0.15) is 0 Å². The lowest BCUT2D eigenvalue weighted by Gasteiger charge is -2.41. The Morgan fingerprint density at radius 3 is 2.92 bits per heavy atom.